The van der Waals surface area contributed by atoms with Crippen molar-refractivity contribution in [3.05, 3.63) is 71.7 Å². The summed E-state index contributed by atoms with van der Waals surface area (Å²) in [6.45, 7) is 0. The third kappa shape index (κ3) is 2.82. The number of ether oxygens (including phenoxy) is 1. The molecule has 1 aromatic carbocycles. The molecule has 1 spiro atoms. The molecule has 4 aromatic rings. The Bertz CT molecular complexity index is 1330. The largest absolute Gasteiger partial charge is 0.450 e. The van der Waals surface area contributed by atoms with E-state index < -0.39 is 5.60 Å². The number of aromatic amines is 1. The second kappa shape index (κ2) is 6.66. The molecule has 1 aliphatic heterocycles. The van der Waals surface area contributed by atoms with E-state index in [0.717, 1.165) is 29.7 Å². The molecule has 4 heterocycles. The van der Waals surface area contributed by atoms with Gasteiger partial charge in [0.1, 0.15) is 22.8 Å². The summed E-state index contributed by atoms with van der Waals surface area (Å²) in [4.78, 5) is 33.2. The fourth-order valence-electron chi connectivity index (χ4n) is 4.74. The lowest BCUT2D eigenvalue weighted by Crippen LogP contribution is -2.31. The standard InChI is InChI=1S/C23H18FN5O2/c24-17-4-2-1-3-15(17)20-26-12-18-21(29-20)28-19(27-18)13-5-8-23(9-6-13)16-11-25-10-7-14(16)22(30)31-23/h1-4,7,10-13H,5-6,8-9H2,(H,26,27,28,29). The maximum absolute atomic E-state index is 14.1. The number of esters is 1. The van der Waals surface area contributed by atoms with Crippen LogP contribution in [0.5, 0.6) is 0 Å². The zero-order chi connectivity index (χ0) is 21.0. The van der Waals surface area contributed by atoms with Crippen LogP contribution in [0.3, 0.4) is 0 Å². The molecule has 1 fully saturated rings. The van der Waals surface area contributed by atoms with Gasteiger partial charge in [-0.2, -0.15) is 0 Å². The SMILES string of the molecule is O=C1OC2(CCC(c3nc4nc(-c5ccccc5F)ncc4[nH]3)CC2)c2cnccc21. The number of aromatic nitrogens is 5. The fourth-order valence-corrected chi connectivity index (χ4v) is 4.74. The van der Waals surface area contributed by atoms with E-state index in [1.165, 1.54) is 6.07 Å². The third-order valence-electron chi connectivity index (χ3n) is 6.37. The Balaban J connectivity index is 1.27. The van der Waals surface area contributed by atoms with Gasteiger partial charge in [-0.05, 0) is 43.9 Å². The minimum absolute atomic E-state index is 0.191. The molecule has 154 valence electrons. The second-order valence-corrected chi connectivity index (χ2v) is 8.11. The number of halogens is 1. The van der Waals surface area contributed by atoms with Crippen LogP contribution >= 0.6 is 0 Å². The Morgan fingerprint density at radius 1 is 1.06 bits per heavy atom. The van der Waals surface area contributed by atoms with Crippen molar-refractivity contribution in [1.82, 2.24) is 24.9 Å². The molecule has 0 bridgehead atoms. The van der Waals surface area contributed by atoms with Crippen molar-refractivity contribution in [1.29, 1.82) is 0 Å². The number of rotatable bonds is 2. The average molecular weight is 415 g/mol. The van der Waals surface area contributed by atoms with Crippen LogP contribution in [0, 0.1) is 5.82 Å². The van der Waals surface area contributed by atoms with Crippen LogP contribution < -0.4 is 0 Å². The molecular formula is C23H18FN5O2. The summed E-state index contributed by atoms with van der Waals surface area (Å²) in [6, 6.07) is 8.16. The van der Waals surface area contributed by atoms with Gasteiger partial charge in [0, 0.05) is 23.9 Å². The van der Waals surface area contributed by atoms with Gasteiger partial charge in [-0.1, -0.05) is 12.1 Å². The van der Waals surface area contributed by atoms with Crippen molar-refractivity contribution < 1.29 is 13.9 Å². The molecule has 3 aromatic heterocycles. The summed E-state index contributed by atoms with van der Waals surface area (Å²) in [6.07, 6.45) is 8.07. The Labute approximate surface area is 176 Å². The minimum Gasteiger partial charge on any atom is -0.450 e. The van der Waals surface area contributed by atoms with E-state index in [9.17, 15) is 9.18 Å². The monoisotopic (exact) mass is 415 g/mol. The van der Waals surface area contributed by atoms with Crippen LogP contribution in [0.1, 0.15) is 53.3 Å². The van der Waals surface area contributed by atoms with Gasteiger partial charge >= 0.3 is 5.97 Å². The van der Waals surface area contributed by atoms with E-state index in [4.69, 9.17) is 4.74 Å². The molecular weight excluding hydrogens is 397 g/mol. The van der Waals surface area contributed by atoms with Gasteiger partial charge in [-0.25, -0.2) is 24.1 Å². The van der Waals surface area contributed by atoms with E-state index >= 15 is 0 Å². The first-order valence-electron chi connectivity index (χ1n) is 10.3. The number of pyridine rings is 1. The summed E-state index contributed by atoms with van der Waals surface area (Å²) in [5.41, 5.74) is 2.52. The Kier molecular flexibility index (Phi) is 3.89. The van der Waals surface area contributed by atoms with Crippen LogP contribution in [-0.2, 0) is 10.3 Å². The van der Waals surface area contributed by atoms with E-state index in [-0.39, 0.29) is 17.7 Å². The van der Waals surface area contributed by atoms with E-state index in [1.54, 1.807) is 42.9 Å². The maximum Gasteiger partial charge on any atom is 0.339 e. The van der Waals surface area contributed by atoms with Crippen molar-refractivity contribution >= 4 is 17.1 Å². The molecule has 6 rings (SSSR count). The van der Waals surface area contributed by atoms with E-state index in [2.05, 4.69) is 24.9 Å². The highest BCUT2D eigenvalue weighted by atomic mass is 19.1. The van der Waals surface area contributed by atoms with Gasteiger partial charge in [0.25, 0.3) is 0 Å². The maximum atomic E-state index is 14.1. The molecule has 2 aliphatic rings. The predicted octanol–water partition coefficient (Wildman–Crippen LogP) is 4.28. The van der Waals surface area contributed by atoms with Crippen molar-refractivity contribution in [2.45, 2.75) is 37.2 Å². The number of benzene rings is 1. The molecule has 0 radical (unpaired) electrons. The van der Waals surface area contributed by atoms with Crippen LogP contribution in [0.4, 0.5) is 4.39 Å². The molecule has 0 saturated heterocycles. The van der Waals surface area contributed by atoms with Gasteiger partial charge < -0.3 is 9.72 Å². The molecule has 7 nitrogen and oxygen atoms in total. The Morgan fingerprint density at radius 2 is 1.90 bits per heavy atom. The summed E-state index contributed by atoms with van der Waals surface area (Å²) in [5, 5.41) is 0. The average Bonchev–Trinajstić information content (AvgIpc) is 3.34. The van der Waals surface area contributed by atoms with Crippen molar-refractivity contribution in [3.63, 3.8) is 0 Å². The quantitative estimate of drug-likeness (QED) is 0.491. The number of nitrogens with zero attached hydrogens (tertiary/aromatic N) is 4. The fraction of sp³-hybridized carbons (Fsp3) is 0.261. The van der Waals surface area contributed by atoms with Crippen LogP contribution in [0.2, 0.25) is 0 Å². The first-order valence-corrected chi connectivity index (χ1v) is 10.3. The number of carbonyl (C=O) groups is 1. The normalized spacial score (nSPS) is 22.6. The number of hydrogen-bond acceptors (Lipinski definition) is 6. The number of hydrogen-bond donors (Lipinski definition) is 1. The van der Waals surface area contributed by atoms with Crippen molar-refractivity contribution in [2.75, 3.05) is 0 Å². The lowest BCUT2D eigenvalue weighted by atomic mass is 9.75. The molecule has 0 amide bonds. The summed E-state index contributed by atoms with van der Waals surface area (Å²) in [5.74, 6) is 0.705. The molecule has 8 heteroatoms. The summed E-state index contributed by atoms with van der Waals surface area (Å²) < 4.78 is 19.9. The van der Waals surface area contributed by atoms with Crippen molar-refractivity contribution in [2.24, 2.45) is 0 Å². The molecule has 1 aliphatic carbocycles. The topological polar surface area (TPSA) is 93.6 Å². The Hall–Kier alpha value is -3.68. The minimum atomic E-state index is -0.582. The zero-order valence-corrected chi connectivity index (χ0v) is 16.5. The van der Waals surface area contributed by atoms with Gasteiger partial charge in [0.15, 0.2) is 11.5 Å². The highest BCUT2D eigenvalue weighted by molar-refractivity contribution is 5.94. The van der Waals surface area contributed by atoms with Gasteiger partial charge in [-0.15, -0.1) is 0 Å². The lowest BCUT2D eigenvalue weighted by Gasteiger charge is -2.35. The Morgan fingerprint density at radius 3 is 2.74 bits per heavy atom. The van der Waals surface area contributed by atoms with Gasteiger partial charge in [0.05, 0.1) is 17.3 Å². The molecule has 1 saturated carbocycles. The molecule has 0 atom stereocenters. The van der Waals surface area contributed by atoms with E-state index in [1.807, 2.05) is 0 Å². The molecule has 31 heavy (non-hydrogen) atoms. The number of carbonyl (C=O) groups excluding carboxylic acids is 1. The number of imidazole rings is 1. The predicted molar refractivity (Wildman–Crippen MR) is 110 cm³/mol. The number of H-pyrrole nitrogens is 1. The highest BCUT2D eigenvalue weighted by Crippen LogP contribution is 2.49. The molecule has 0 unspecified atom stereocenters. The summed E-state index contributed by atoms with van der Waals surface area (Å²) >= 11 is 0. The summed E-state index contributed by atoms with van der Waals surface area (Å²) in [7, 11) is 0. The van der Waals surface area contributed by atoms with Gasteiger partial charge in [0.2, 0.25) is 0 Å². The number of fused-ring (bicyclic) bond motifs is 3. The van der Waals surface area contributed by atoms with Gasteiger partial charge in [-0.3, -0.25) is 4.98 Å². The second-order valence-electron chi connectivity index (χ2n) is 8.11. The highest BCUT2D eigenvalue weighted by Gasteiger charge is 2.48. The van der Waals surface area contributed by atoms with Crippen LogP contribution in [0.25, 0.3) is 22.6 Å². The van der Waals surface area contributed by atoms with Crippen LogP contribution in [-0.4, -0.2) is 30.9 Å². The van der Waals surface area contributed by atoms with Crippen LogP contribution in [0.15, 0.2) is 48.9 Å². The van der Waals surface area contributed by atoms with Crippen molar-refractivity contribution in [3.8, 4) is 11.4 Å². The van der Waals surface area contributed by atoms with E-state index in [0.29, 0.717) is 35.4 Å². The zero-order valence-electron chi connectivity index (χ0n) is 16.5. The molecule has 1 N–H and O–H groups in total. The first kappa shape index (κ1) is 18.1. The smallest absolute Gasteiger partial charge is 0.339 e. The number of nitrogens with one attached hydrogen (secondary N) is 1. The first-order chi connectivity index (χ1) is 15.1. The lowest BCUT2D eigenvalue weighted by molar-refractivity contribution is -0.0313. The third-order valence-corrected chi connectivity index (χ3v) is 6.37.